The number of nitrogens with zero attached hydrogens (tertiary/aromatic N) is 1. The fourth-order valence-electron chi connectivity index (χ4n) is 3.05. The van der Waals surface area contributed by atoms with Crippen LogP contribution in [0.3, 0.4) is 0 Å². The number of piperidine rings is 1. The van der Waals surface area contributed by atoms with Crippen molar-refractivity contribution in [3.05, 3.63) is 18.2 Å². The first-order valence-corrected chi connectivity index (χ1v) is 8.65. The number of carbonyl (C=O) groups excluding carboxylic acids is 1. The third kappa shape index (κ3) is 5.30. The Hall–Kier alpha value is -1.95. The van der Waals surface area contributed by atoms with Gasteiger partial charge in [0.15, 0.2) is 0 Å². The van der Waals surface area contributed by atoms with Crippen molar-refractivity contribution < 1.29 is 14.3 Å². The van der Waals surface area contributed by atoms with Crippen LogP contribution in [0.15, 0.2) is 18.2 Å². The van der Waals surface area contributed by atoms with Crippen molar-refractivity contribution in [3.63, 3.8) is 0 Å². The number of carbonyl (C=O) groups is 1. The normalized spacial score (nSPS) is 18.0. The van der Waals surface area contributed by atoms with Crippen LogP contribution in [0.1, 0.15) is 32.6 Å². The van der Waals surface area contributed by atoms with E-state index in [2.05, 4.69) is 22.5 Å². The minimum absolute atomic E-state index is 0.228. The third-order valence-corrected chi connectivity index (χ3v) is 4.50. The van der Waals surface area contributed by atoms with Gasteiger partial charge in [-0.05, 0) is 44.9 Å². The van der Waals surface area contributed by atoms with E-state index in [9.17, 15) is 4.79 Å². The Labute approximate surface area is 144 Å². The Morgan fingerprint density at radius 2 is 2.12 bits per heavy atom. The summed E-state index contributed by atoms with van der Waals surface area (Å²) in [5.41, 5.74) is 0.596. The minimum Gasteiger partial charge on any atom is -0.497 e. The second kappa shape index (κ2) is 9.37. The SMILES string of the molecule is COc1ccc(OC)c(NC(=O)NCCCN2CCCCC2C)c1. The molecule has 1 aliphatic heterocycles. The number of benzene rings is 1. The summed E-state index contributed by atoms with van der Waals surface area (Å²) in [5.74, 6) is 1.28. The number of hydrogen-bond acceptors (Lipinski definition) is 4. The average molecular weight is 335 g/mol. The summed E-state index contributed by atoms with van der Waals surface area (Å²) in [7, 11) is 3.16. The molecule has 2 amide bonds. The fourth-order valence-corrected chi connectivity index (χ4v) is 3.05. The van der Waals surface area contributed by atoms with Gasteiger partial charge in [0.25, 0.3) is 0 Å². The number of nitrogens with one attached hydrogen (secondary N) is 2. The Bertz CT molecular complexity index is 536. The zero-order chi connectivity index (χ0) is 17.4. The van der Waals surface area contributed by atoms with Gasteiger partial charge in [-0.15, -0.1) is 0 Å². The van der Waals surface area contributed by atoms with Crippen molar-refractivity contribution in [1.82, 2.24) is 10.2 Å². The van der Waals surface area contributed by atoms with Crippen LogP contribution in [0.4, 0.5) is 10.5 Å². The van der Waals surface area contributed by atoms with Crippen LogP contribution in [0.25, 0.3) is 0 Å². The second-order valence-electron chi connectivity index (χ2n) is 6.18. The third-order valence-electron chi connectivity index (χ3n) is 4.50. The van der Waals surface area contributed by atoms with Gasteiger partial charge in [0.1, 0.15) is 11.5 Å². The maximum atomic E-state index is 12.1. The number of rotatable bonds is 7. The minimum atomic E-state index is -0.228. The lowest BCUT2D eigenvalue weighted by atomic mass is 10.0. The number of methoxy groups -OCH3 is 2. The van der Waals surface area contributed by atoms with Crippen LogP contribution >= 0.6 is 0 Å². The maximum absolute atomic E-state index is 12.1. The molecule has 1 heterocycles. The number of ether oxygens (including phenoxy) is 2. The zero-order valence-electron chi connectivity index (χ0n) is 14.9. The lowest BCUT2D eigenvalue weighted by Gasteiger charge is -2.33. The highest BCUT2D eigenvalue weighted by Crippen LogP contribution is 2.28. The average Bonchev–Trinajstić information content (AvgIpc) is 2.60. The molecule has 6 nitrogen and oxygen atoms in total. The standard InChI is InChI=1S/C18H29N3O3/c1-14-7-4-5-11-21(14)12-6-10-19-18(22)20-16-13-15(23-2)8-9-17(16)24-3/h8-9,13-14H,4-7,10-12H2,1-3H3,(H2,19,20,22). The topological polar surface area (TPSA) is 62.8 Å². The van der Waals surface area contributed by atoms with Gasteiger partial charge in [-0.2, -0.15) is 0 Å². The van der Waals surface area contributed by atoms with Crippen LogP contribution in [-0.4, -0.2) is 50.8 Å². The van der Waals surface area contributed by atoms with E-state index < -0.39 is 0 Å². The molecular weight excluding hydrogens is 306 g/mol. The van der Waals surface area contributed by atoms with Gasteiger partial charge < -0.3 is 25.0 Å². The number of amides is 2. The molecule has 0 radical (unpaired) electrons. The predicted octanol–water partition coefficient (Wildman–Crippen LogP) is 3.09. The summed E-state index contributed by atoms with van der Waals surface area (Å²) in [5, 5.41) is 5.72. The molecule has 6 heteroatoms. The molecule has 1 aromatic carbocycles. The number of hydrogen-bond donors (Lipinski definition) is 2. The summed E-state index contributed by atoms with van der Waals surface area (Å²) in [6.07, 6.45) is 4.85. The number of likely N-dealkylation sites (tertiary alicyclic amines) is 1. The zero-order valence-corrected chi connectivity index (χ0v) is 14.9. The lowest BCUT2D eigenvalue weighted by molar-refractivity contribution is 0.159. The molecule has 0 saturated carbocycles. The number of anilines is 1. The van der Waals surface area contributed by atoms with Gasteiger partial charge in [-0.1, -0.05) is 6.42 Å². The number of urea groups is 1. The fraction of sp³-hybridized carbons (Fsp3) is 0.611. The summed E-state index contributed by atoms with van der Waals surface area (Å²) in [4.78, 5) is 14.6. The lowest BCUT2D eigenvalue weighted by Crippen LogP contribution is -2.39. The van der Waals surface area contributed by atoms with Crippen LogP contribution in [0.2, 0.25) is 0 Å². The van der Waals surface area contributed by atoms with Crippen LogP contribution < -0.4 is 20.1 Å². The molecule has 1 atom stereocenters. The molecule has 0 spiro atoms. The van der Waals surface area contributed by atoms with Crippen LogP contribution in [0, 0.1) is 0 Å². The highest BCUT2D eigenvalue weighted by Gasteiger charge is 2.17. The summed E-state index contributed by atoms with van der Waals surface area (Å²) < 4.78 is 10.4. The quantitative estimate of drug-likeness (QED) is 0.752. The summed E-state index contributed by atoms with van der Waals surface area (Å²) >= 11 is 0. The van der Waals surface area contributed by atoms with Gasteiger partial charge in [0.2, 0.25) is 0 Å². The van der Waals surface area contributed by atoms with E-state index in [-0.39, 0.29) is 6.03 Å². The van der Waals surface area contributed by atoms with Crippen LogP contribution in [-0.2, 0) is 0 Å². The highest BCUT2D eigenvalue weighted by atomic mass is 16.5. The summed E-state index contributed by atoms with van der Waals surface area (Å²) in [6, 6.07) is 5.74. The largest absolute Gasteiger partial charge is 0.497 e. The summed E-state index contributed by atoms with van der Waals surface area (Å²) in [6.45, 7) is 5.15. The molecule has 1 fully saturated rings. The first-order valence-electron chi connectivity index (χ1n) is 8.65. The van der Waals surface area contributed by atoms with Gasteiger partial charge in [-0.3, -0.25) is 0 Å². The van der Waals surface area contributed by atoms with E-state index in [0.29, 0.717) is 29.8 Å². The molecule has 24 heavy (non-hydrogen) atoms. The van der Waals surface area contributed by atoms with Gasteiger partial charge in [-0.25, -0.2) is 4.79 Å². The van der Waals surface area contributed by atoms with E-state index in [4.69, 9.17) is 9.47 Å². The Morgan fingerprint density at radius 1 is 1.29 bits per heavy atom. The van der Waals surface area contributed by atoms with Crippen molar-refractivity contribution >= 4 is 11.7 Å². The van der Waals surface area contributed by atoms with Gasteiger partial charge in [0, 0.05) is 25.2 Å². The van der Waals surface area contributed by atoms with Gasteiger partial charge in [0.05, 0.1) is 19.9 Å². The van der Waals surface area contributed by atoms with Crippen molar-refractivity contribution in [2.45, 2.75) is 38.6 Å². The molecule has 0 aromatic heterocycles. The molecule has 1 aliphatic rings. The monoisotopic (exact) mass is 335 g/mol. The smallest absolute Gasteiger partial charge is 0.319 e. The molecule has 1 unspecified atom stereocenters. The molecule has 0 aliphatic carbocycles. The van der Waals surface area contributed by atoms with Crippen molar-refractivity contribution in [2.75, 3.05) is 39.2 Å². The van der Waals surface area contributed by atoms with E-state index in [1.54, 1.807) is 32.4 Å². The molecule has 2 N–H and O–H groups in total. The first kappa shape index (κ1) is 18.4. The van der Waals surface area contributed by atoms with Crippen LogP contribution in [0.5, 0.6) is 11.5 Å². The van der Waals surface area contributed by atoms with Gasteiger partial charge >= 0.3 is 6.03 Å². The molecular formula is C18H29N3O3. The molecule has 0 bridgehead atoms. The van der Waals surface area contributed by atoms with Crippen molar-refractivity contribution in [3.8, 4) is 11.5 Å². The Morgan fingerprint density at radius 3 is 2.83 bits per heavy atom. The molecule has 1 aromatic rings. The Kier molecular flexibility index (Phi) is 7.18. The molecule has 1 saturated heterocycles. The molecule has 134 valence electrons. The second-order valence-corrected chi connectivity index (χ2v) is 6.18. The predicted molar refractivity (Wildman–Crippen MR) is 96.1 cm³/mol. The van der Waals surface area contributed by atoms with E-state index >= 15 is 0 Å². The van der Waals surface area contributed by atoms with E-state index in [1.165, 1.54) is 25.8 Å². The Balaban J connectivity index is 1.75. The van der Waals surface area contributed by atoms with Crippen molar-refractivity contribution in [1.29, 1.82) is 0 Å². The maximum Gasteiger partial charge on any atom is 0.319 e. The molecule has 2 rings (SSSR count). The van der Waals surface area contributed by atoms with Crippen molar-refractivity contribution in [2.24, 2.45) is 0 Å². The van der Waals surface area contributed by atoms with E-state index in [0.717, 1.165) is 13.0 Å². The first-order chi connectivity index (χ1) is 11.6. The van der Waals surface area contributed by atoms with E-state index in [1.807, 2.05) is 0 Å². The highest BCUT2D eigenvalue weighted by molar-refractivity contribution is 5.91.